The van der Waals surface area contributed by atoms with Crippen molar-refractivity contribution < 1.29 is 23.5 Å². The van der Waals surface area contributed by atoms with Gasteiger partial charge in [-0.15, -0.1) is 10.2 Å². The van der Waals surface area contributed by atoms with Crippen LogP contribution in [-0.4, -0.2) is 49.3 Å². The van der Waals surface area contributed by atoms with Gasteiger partial charge in [-0.05, 0) is 80.4 Å². The summed E-state index contributed by atoms with van der Waals surface area (Å²) in [4.78, 5) is 30.4. The third kappa shape index (κ3) is 6.26. The van der Waals surface area contributed by atoms with Crippen molar-refractivity contribution in [3.63, 3.8) is 0 Å². The number of nitrogens with one attached hydrogen (secondary N) is 1. The summed E-state index contributed by atoms with van der Waals surface area (Å²) in [6.07, 6.45) is 0. The molecule has 0 fully saturated rings. The van der Waals surface area contributed by atoms with Gasteiger partial charge in [-0.2, -0.15) is 4.80 Å². The van der Waals surface area contributed by atoms with Gasteiger partial charge in [0.2, 0.25) is 24.4 Å². The third-order valence-electron chi connectivity index (χ3n) is 6.04. The standard InChI is InChI=1S/C28H29ClN6O5/c1-17-5-11-22(40-17)26-31-33-35(32-26)15-24(36)34(14-18-6-12-21-23(13-18)39-16-38-21)25(27(37)30-28(2,3)4)19-7-9-20(29)10-8-19/h5-13,25H,14-16H2,1-4H3,(H,30,37)/t25-/m1/s1. The Morgan fingerprint density at radius 2 is 1.82 bits per heavy atom. The lowest BCUT2D eigenvalue weighted by atomic mass is 10.0. The molecule has 0 unspecified atom stereocenters. The molecule has 0 radical (unpaired) electrons. The molecule has 40 heavy (non-hydrogen) atoms. The smallest absolute Gasteiger partial charge is 0.247 e. The van der Waals surface area contributed by atoms with E-state index in [-0.39, 0.29) is 31.6 Å². The molecule has 1 N–H and O–H groups in total. The minimum atomic E-state index is -0.981. The van der Waals surface area contributed by atoms with E-state index >= 15 is 0 Å². The van der Waals surface area contributed by atoms with Crippen LogP contribution < -0.4 is 14.8 Å². The summed E-state index contributed by atoms with van der Waals surface area (Å²) in [5.74, 6) is 1.84. The number of tetrazole rings is 1. The Kier molecular flexibility index (Phi) is 7.49. The van der Waals surface area contributed by atoms with Crippen molar-refractivity contribution in [1.29, 1.82) is 0 Å². The second-order valence-corrected chi connectivity index (χ2v) is 10.9. The summed E-state index contributed by atoms with van der Waals surface area (Å²) < 4.78 is 16.5. The monoisotopic (exact) mass is 564 g/mol. The Bertz CT molecular complexity index is 1520. The van der Waals surface area contributed by atoms with Crippen LogP contribution in [0.5, 0.6) is 11.5 Å². The van der Waals surface area contributed by atoms with Crippen LogP contribution in [0.25, 0.3) is 11.6 Å². The fourth-order valence-corrected chi connectivity index (χ4v) is 4.42. The maximum absolute atomic E-state index is 14.0. The van der Waals surface area contributed by atoms with Crippen LogP contribution in [0.3, 0.4) is 0 Å². The van der Waals surface area contributed by atoms with E-state index in [2.05, 4.69) is 20.7 Å². The molecular weight excluding hydrogens is 536 g/mol. The van der Waals surface area contributed by atoms with Crippen LogP contribution >= 0.6 is 11.6 Å². The van der Waals surface area contributed by atoms with Crippen LogP contribution in [0.4, 0.5) is 0 Å². The van der Waals surface area contributed by atoms with Crippen molar-refractivity contribution in [2.45, 2.75) is 52.4 Å². The summed E-state index contributed by atoms with van der Waals surface area (Å²) in [5, 5.41) is 15.9. The second kappa shape index (κ2) is 11.0. The van der Waals surface area contributed by atoms with Gasteiger partial charge in [-0.3, -0.25) is 9.59 Å². The average Bonchev–Trinajstić information content (AvgIpc) is 3.64. The molecule has 1 atom stereocenters. The number of carbonyl (C=O) groups excluding carboxylic acids is 2. The van der Waals surface area contributed by atoms with E-state index in [9.17, 15) is 9.59 Å². The Morgan fingerprint density at radius 1 is 1.07 bits per heavy atom. The summed E-state index contributed by atoms with van der Waals surface area (Å²) in [5.41, 5.74) is 0.802. The molecule has 208 valence electrons. The highest BCUT2D eigenvalue weighted by Gasteiger charge is 2.34. The summed E-state index contributed by atoms with van der Waals surface area (Å²) >= 11 is 6.15. The number of fused-ring (bicyclic) bond motifs is 1. The van der Waals surface area contributed by atoms with Crippen LogP contribution in [-0.2, 0) is 22.7 Å². The van der Waals surface area contributed by atoms with Gasteiger partial charge in [-0.25, -0.2) is 0 Å². The molecule has 4 aromatic rings. The van der Waals surface area contributed by atoms with Gasteiger partial charge in [0.1, 0.15) is 18.3 Å². The maximum Gasteiger partial charge on any atom is 0.247 e. The van der Waals surface area contributed by atoms with Crippen molar-refractivity contribution in [3.05, 3.63) is 76.5 Å². The molecule has 2 amide bonds. The molecule has 5 rings (SSSR count). The minimum absolute atomic E-state index is 0.0965. The van der Waals surface area contributed by atoms with Crippen LogP contribution in [0.1, 0.15) is 43.7 Å². The highest BCUT2D eigenvalue weighted by atomic mass is 35.5. The first-order valence-electron chi connectivity index (χ1n) is 12.7. The fraction of sp³-hybridized carbons (Fsp3) is 0.321. The minimum Gasteiger partial charge on any atom is -0.458 e. The molecule has 11 nitrogen and oxygen atoms in total. The number of rotatable bonds is 8. The van der Waals surface area contributed by atoms with Crippen molar-refractivity contribution in [3.8, 4) is 23.1 Å². The van der Waals surface area contributed by atoms with E-state index in [1.54, 1.807) is 48.5 Å². The molecule has 0 saturated heterocycles. The number of ether oxygens (including phenoxy) is 2. The highest BCUT2D eigenvalue weighted by molar-refractivity contribution is 6.30. The largest absolute Gasteiger partial charge is 0.458 e. The normalized spacial score (nSPS) is 13.2. The molecular formula is C28H29ClN6O5. The average molecular weight is 565 g/mol. The number of aromatic nitrogens is 4. The van der Waals surface area contributed by atoms with E-state index in [0.29, 0.717) is 33.6 Å². The zero-order chi connectivity index (χ0) is 28.4. The summed E-state index contributed by atoms with van der Waals surface area (Å²) in [7, 11) is 0. The molecule has 2 aromatic carbocycles. The van der Waals surface area contributed by atoms with Gasteiger partial charge in [0, 0.05) is 17.1 Å². The van der Waals surface area contributed by atoms with Gasteiger partial charge < -0.3 is 24.1 Å². The Hall–Kier alpha value is -4.38. The third-order valence-corrected chi connectivity index (χ3v) is 6.30. The number of benzene rings is 2. The van der Waals surface area contributed by atoms with Crippen molar-refractivity contribution in [2.24, 2.45) is 0 Å². The number of amides is 2. The molecule has 0 spiro atoms. The summed E-state index contributed by atoms with van der Waals surface area (Å²) in [6, 6.07) is 14.8. The molecule has 12 heteroatoms. The van der Waals surface area contributed by atoms with Gasteiger partial charge in [0.15, 0.2) is 17.3 Å². The van der Waals surface area contributed by atoms with E-state index in [1.165, 1.54) is 9.70 Å². The van der Waals surface area contributed by atoms with Gasteiger partial charge in [-0.1, -0.05) is 29.8 Å². The molecule has 1 aliphatic rings. The van der Waals surface area contributed by atoms with Crippen molar-refractivity contribution in [1.82, 2.24) is 30.4 Å². The predicted molar refractivity (Wildman–Crippen MR) is 145 cm³/mol. The van der Waals surface area contributed by atoms with E-state index in [0.717, 1.165) is 5.56 Å². The first-order chi connectivity index (χ1) is 19.1. The Morgan fingerprint density at radius 3 is 2.52 bits per heavy atom. The van der Waals surface area contributed by atoms with Crippen molar-refractivity contribution in [2.75, 3.05) is 6.79 Å². The number of nitrogens with zero attached hydrogens (tertiary/aromatic N) is 5. The Labute approximate surface area is 236 Å². The SMILES string of the molecule is Cc1ccc(-c2nnn(CC(=O)N(Cc3ccc4c(c3)OCO4)[C@@H](C(=O)NC(C)(C)C)c3ccc(Cl)cc3)n2)o1. The summed E-state index contributed by atoms with van der Waals surface area (Å²) in [6.45, 7) is 7.41. The van der Waals surface area contributed by atoms with Gasteiger partial charge >= 0.3 is 0 Å². The zero-order valence-electron chi connectivity index (χ0n) is 22.6. The lowest BCUT2D eigenvalue weighted by Crippen LogP contribution is -2.49. The van der Waals surface area contributed by atoms with E-state index in [1.807, 2.05) is 33.8 Å². The number of aryl methyl sites for hydroxylation is 1. The number of hydrogen-bond donors (Lipinski definition) is 1. The van der Waals surface area contributed by atoms with Crippen LogP contribution in [0, 0.1) is 6.92 Å². The van der Waals surface area contributed by atoms with Crippen LogP contribution in [0.2, 0.25) is 5.02 Å². The quantitative estimate of drug-likeness (QED) is 0.336. The lowest BCUT2D eigenvalue weighted by molar-refractivity contribution is -0.143. The van der Waals surface area contributed by atoms with Gasteiger partial charge in [0.05, 0.1) is 0 Å². The van der Waals surface area contributed by atoms with E-state index in [4.69, 9.17) is 25.5 Å². The number of hydrogen-bond acceptors (Lipinski definition) is 8. The fourth-order valence-electron chi connectivity index (χ4n) is 4.29. The van der Waals surface area contributed by atoms with E-state index < -0.39 is 17.5 Å². The predicted octanol–water partition coefficient (Wildman–Crippen LogP) is 4.31. The second-order valence-electron chi connectivity index (χ2n) is 10.5. The Balaban J connectivity index is 1.50. The lowest BCUT2D eigenvalue weighted by Gasteiger charge is -2.33. The van der Waals surface area contributed by atoms with Gasteiger partial charge in [0.25, 0.3) is 0 Å². The highest BCUT2D eigenvalue weighted by Crippen LogP contribution is 2.34. The first kappa shape index (κ1) is 27.2. The number of furan rings is 1. The maximum atomic E-state index is 14.0. The van der Waals surface area contributed by atoms with Crippen molar-refractivity contribution >= 4 is 23.4 Å². The topological polar surface area (TPSA) is 125 Å². The number of carbonyl (C=O) groups is 2. The molecule has 0 bridgehead atoms. The molecule has 0 aliphatic carbocycles. The molecule has 0 saturated carbocycles. The first-order valence-corrected chi connectivity index (χ1v) is 13.0. The zero-order valence-corrected chi connectivity index (χ0v) is 23.3. The van der Waals surface area contributed by atoms with Crippen LogP contribution in [0.15, 0.2) is 59.0 Å². The number of halogens is 1. The molecule has 1 aliphatic heterocycles. The molecule has 3 heterocycles. The molecule has 2 aromatic heterocycles.